The fourth-order valence-electron chi connectivity index (χ4n) is 5.13. The van der Waals surface area contributed by atoms with Crippen LogP contribution in [0.25, 0.3) is 0 Å². The maximum Gasteiger partial charge on any atom is 0.0750 e. The van der Waals surface area contributed by atoms with E-state index in [1.54, 1.807) is 0 Å². The summed E-state index contributed by atoms with van der Waals surface area (Å²) in [5.41, 5.74) is 0. The first-order valence-electron chi connectivity index (χ1n) is 17.4. The van der Waals surface area contributed by atoms with Crippen LogP contribution in [0.3, 0.4) is 0 Å². The maximum atomic E-state index is 4.98. The standard InChI is InChI=1S/C8H24N4P4.C8H20N2.C6H18N3P3.C6H16N2.C3H9PS/c1-13(2)9-14(3,4)11-16(7,8)12-15(5,6)10-13;1-9(2)7-5-6-8-10(3)4;1-10(2)7-11(3,4)9-12(5,6)8-10;1-7(2)5-6-8(3)4;1-4(2,3)5/h1-8H3;5-8H2,1-4H3;1-6H3;5-6H2,1-4H3;1-3H3. The molecule has 0 fully saturated rings. The van der Waals surface area contributed by atoms with E-state index in [-0.39, 0.29) is 0 Å². The normalized spacial score (nSPS) is 21.4. The highest BCUT2D eigenvalue weighted by molar-refractivity contribution is 8.13. The van der Waals surface area contributed by atoms with Crippen molar-refractivity contribution in [3.05, 3.63) is 0 Å². The van der Waals surface area contributed by atoms with Crippen molar-refractivity contribution in [2.45, 2.75) is 12.8 Å². The Balaban J connectivity index is -0.000000592. The molecule has 11 nitrogen and oxygen atoms in total. The van der Waals surface area contributed by atoms with Gasteiger partial charge in [-0.15, -0.1) is 0 Å². The van der Waals surface area contributed by atoms with Crippen LogP contribution in [0.4, 0.5) is 0 Å². The third-order valence-electron chi connectivity index (χ3n) is 5.52. The molecule has 2 aliphatic heterocycles. The zero-order valence-electron chi connectivity index (χ0n) is 38.1. The summed E-state index contributed by atoms with van der Waals surface area (Å²) >= 11 is 4.94. The molecular formula is C31H87N11P8S. The van der Waals surface area contributed by atoms with Gasteiger partial charge in [0.15, 0.2) is 0 Å². The lowest BCUT2D eigenvalue weighted by Crippen LogP contribution is -2.25. The summed E-state index contributed by atoms with van der Waals surface area (Å²) in [5.74, 6) is 0. The van der Waals surface area contributed by atoms with Crippen molar-refractivity contribution in [2.75, 3.05) is 196 Å². The molecule has 0 amide bonds. The van der Waals surface area contributed by atoms with Crippen LogP contribution in [0.5, 0.6) is 0 Å². The Morgan fingerprint density at radius 3 is 0.549 bits per heavy atom. The van der Waals surface area contributed by atoms with Gasteiger partial charge >= 0.3 is 0 Å². The predicted molar refractivity (Wildman–Crippen MR) is 264 cm³/mol. The SMILES string of the molecule is CN(C)CCCCN(C)C.CN(C)CCN(C)C.CP(C)(C)=S.CP1(C)=NP(C)(C)=NP(C)(C)=N1.CP1(C)=NP(C)(C)=NP(C)(C)=NP(C)(C)=N1. The van der Waals surface area contributed by atoms with Gasteiger partial charge in [0.2, 0.25) is 0 Å². The minimum absolute atomic E-state index is 0.806. The lowest BCUT2D eigenvalue weighted by atomic mass is 10.3. The number of hydrogen-bond donors (Lipinski definition) is 0. The van der Waals surface area contributed by atoms with Crippen LogP contribution in [-0.4, -0.2) is 215 Å². The van der Waals surface area contributed by atoms with E-state index >= 15 is 0 Å². The van der Waals surface area contributed by atoms with Gasteiger partial charge in [0, 0.05) is 13.1 Å². The molecule has 0 aromatic heterocycles. The molecule has 2 heterocycles. The van der Waals surface area contributed by atoms with E-state index < -0.39 is 56.5 Å². The van der Waals surface area contributed by atoms with Gasteiger partial charge in [-0.3, -0.25) is 0 Å². The first-order valence-corrected chi connectivity index (χ1v) is 39.7. The highest BCUT2D eigenvalue weighted by Crippen LogP contribution is 2.73. The predicted octanol–water partition coefficient (Wildman–Crippen LogP) is 12.0. The Kier molecular flexibility index (Phi) is 27.2. The minimum Gasteiger partial charge on any atom is -0.309 e. The maximum absolute atomic E-state index is 4.98. The van der Waals surface area contributed by atoms with Gasteiger partial charge in [0.25, 0.3) is 0 Å². The third-order valence-corrected chi connectivity index (χ3v) is 30.0. The average molecular weight is 894 g/mol. The summed E-state index contributed by atoms with van der Waals surface area (Å²) in [6.07, 6.45) is 2.62. The second kappa shape index (κ2) is 24.1. The van der Waals surface area contributed by atoms with Gasteiger partial charge in [0.1, 0.15) is 0 Å². The third kappa shape index (κ3) is 41.6. The monoisotopic (exact) mass is 893 g/mol. The Morgan fingerprint density at radius 2 is 0.451 bits per heavy atom. The van der Waals surface area contributed by atoms with Crippen LogP contribution in [0.2, 0.25) is 0 Å². The molecule has 0 aromatic carbocycles. The fraction of sp³-hybridized carbons (Fsp3) is 1.00. The quantitative estimate of drug-likeness (QED) is 0.178. The van der Waals surface area contributed by atoms with Gasteiger partial charge in [-0.05, 0) is 196 Å². The van der Waals surface area contributed by atoms with Crippen molar-refractivity contribution in [3.63, 3.8) is 0 Å². The highest BCUT2D eigenvalue weighted by Gasteiger charge is 2.21. The van der Waals surface area contributed by atoms with Gasteiger partial charge < -0.3 is 19.6 Å². The summed E-state index contributed by atoms with van der Waals surface area (Å²) < 4.78 is 34.2. The van der Waals surface area contributed by atoms with E-state index in [1.165, 1.54) is 25.9 Å². The molecule has 51 heavy (non-hydrogen) atoms. The van der Waals surface area contributed by atoms with Gasteiger partial charge in [-0.2, -0.15) is 0 Å². The van der Waals surface area contributed by atoms with Gasteiger partial charge in [-0.25, -0.2) is 31.6 Å². The van der Waals surface area contributed by atoms with Crippen LogP contribution in [0.15, 0.2) is 31.6 Å². The van der Waals surface area contributed by atoms with Crippen molar-refractivity contribution in [1.82, 2.24) is 19.6 Å². The Labute approximate surface area is 326 Å². The minimum atomic E-state index is -1.53. The average Bonchev–Trinajstić information content (AvgIpc) is 2.73. The summed E-state index contributed by atoms with van der Waals surface area (Å²) in [6.45, 7) is 41.6. The summed E-state index contributed by atoms with van der Waals surface area (Å²) in [6, 6.07) is -0.806. The topological polar surface area (TPSA) is 99.5 Å². The molecule has 0 spiro atoms. The number of unbranched alkanes of at least 4 members (excludes halogenated alkanes) is 1. The molecule has 2 rings (SSSR count). The molecule has 2 aliphatic rings. The van der Waals surface area contributed by atoms with E-state index in [9.17, 15) is 0 Å². The number of likely N-dealkylation sites (N-methyl/N-ethyl adjacent to an activating group) is 2. The summed E-state index contributed by atoms with van der Waals surface area (Å²) in [7, 11) is 6.74. The van der Waals surface area contributed by atoms with E-state index in [2.05, 4.69) is 189 Å². The number of rotatable bonds is 8. The van der Waals surface area contributed by atoms with Crippen molar-refractivity contribution in [3.8, 4) is 0 Å². The van der Waals surface area contributed by atoms with Crippen LogP contribution < -0.4 is 0 Å². The van der Waals surface area contributed by atoms with Gasteiger partial charge in [0.05, 0.1) is 50.4 Å². The molecule has 0 unspecified atom stereocenters. The van der Waals surface area contributed by atoms with Crippen molar-refractivity contribution < 1.29 is 0 Å². The molecule has 0 saturated heterocycles. The smallest absolute Gasteiger partial charge is 0.0750 e. The van der Waals surface area contributed by atoms with E-state index in [1.807, 2.05) is 0 Å². The zero-order chi connectivity index (χ0) is 41.5. The van der Waals surface area contributed by atoms with Crippen molar-refractivity contribution in [2.24, 2.45) is 31.6 Å². The van der Waals surface area contributed by atoms with Crippen LogP contribution in [0.1, 0.15) is 12.8 Å². The second-order valence-corrected chi connectivity index (χ2v) is 48.6. The molecule has 312 valence electrons. The van der Waals surface area contributed by atoms with E-state index in [4.69, 9.17) is 43.4 Å². The van der Waals surface area contributed by atoms with E-state index in [0.717, 1.165) is 13.1 Å². The molecular weight excluding hydrogens is 806 g/mol. The first kappa shape index (κ1) is 57.4. The lowest BCUT2D eigenvalue weighted by molar-refractivity contribution is 0.320. The zero-order valence-corrected chi connectivity index (χ0v) is 46.1. The molecule has 0 atom stereocenters. The van der Waals surface area contributed by atoms with Crippen molar-refractivity contribution >= 4 is 68.3 Å². The molecule has 0 radical (unpaired) electrons. The molecule has 0 aliphatic carbocycles. The molecule has 0 N–H and O–H groups in total. The number of hydrogen-bond acceptors (Lipinski definition) is 12. The molecule has 0 saturated carbocycles. The second-order valence-electron chi connectivity index (χ2n) is 17.8. The largest absolute Gasteiger partial charge is 0.309 e. The Hall–Kier alpha value is 2.10. The summed E-state index contributed by atoms with van der Waals surface area (Å²) in [4.78, 5) is 8.82. The Bertz CT molecular complexity index is 1260. The Morgan fingerprint density at radius 1 is 0.333 bits per heavy atom. The fourth-order valence-corrected chi connectivity index (χ4v) is 38.4. The van der Waals surface area contributed by atoms with Crippen LogP contribution >= 0.6 is 56.5 Å². The van der Waals surface area contributed by atoms with E-state index in [0.29, 0.717) is 0 Å². The number of nitrogens with zero attached hydrogens (tertiary/aromatic N) is 11. The first-order chi connectivity index (χ1) is 22.2. The molecule has 20 heteroatoms. The van der Waals surface area contributed by atoms with Gasteiger partial charge in [-0.1, -0.05) is 17.8 Å². The molecule has 0 bridgehead atoms. The lowest BCUT2D eigenvalue weighted by Gasteiger charge is -2.26. The van der Waals surface area contributed by atoms with Crippen LogP contribution in [-0.2, 0) is 11.8 Å². The summed E-state index contributed by atoms with van der Waals surface area (Å²) in [5, 5.41) is 0. The van der Waals surface area contributed by atoms with Crippen LogP contribution in [0, 0.1) is 0 Å². The highest BCUT2D eigenvalue weighted by atomic mass is 32.4. The van der Waals surface area contributed by atoms with Crippen molar-refractivity contribution in [1.29, 1.82) is 0 Å². The molecule has 0 aromatic rings.